The number of fused-ring (bicyclic) bond motifs is 3. The summed E-state index contributed by atoms with van der Waals surface area (Å²) < 4.78 is 14.1. The zero-order valence-electron chi connectivity index (χ0n) is 11.9. The summed E-state index contributed by atoms with van der Waals surface area (Å²) in [6.45, 7) is 1.99. The maximum Gasteiger partial charge on any atom is 0.309 e. The van der Waals surface area contributed by atoms with Crippen LogP contribution in [0.4, 0.5) is 10.2 Å². The number of aliphatic carboxylic acids is 1. The van der Waals surface area contributed by atoms with E-state index in [1.54, 1.807) is 0 Å². The second kappa shape index (κ2) is 5.49. The van der Waals surface area contributed by atoms with E-state index in [2.05, 4.69) is 15.3 Å². The molecule has 0 radical (unpaired) electrons. The van der Waals surface area contributed by atoms with E-state index in [4.69, 9.17) is 23.2 Å². The molecule has 0 amide bonds. The lowest BCUT2D eigenvalue weighted by atomic mass is 9.53. The minimum atomic E-state index is -0.865. The van der Waals surface area contributed by atoms with Crippen molar-refractivity contribution in [3.63, 3.8) is 0 Å². The van der Waals surface area contributed by atoms with Gasteiger partial charge in [0.25, 0.3) is 0 Å². The van der Waals surface area contributed by atoms with Crippen molar-refractivity contribution in [1.29, 1.82) is 0 Å². The average molecular weight is 348 g/mol. The van der Waals surface area contributed by atoms with Gasteiger partial charge in [-0.25, -0.2) is 4.98 Å². The molecule has 0 aliphatic heterocycles. The van der Waals surface area contributed by atoms with Gasteiger partial charge < -0.3 is 10.4 Å². The first-order valence-corrected chi connectivity index (χ1v) is 7.95. The zero-order valence-corrected chi connectivity index (χ0v) is 13.5. The molecule has 3 fully saturated rings. The first kappa shape index (κ1) is 15.7. The summed E-state index contributed by atoms with van der Waals surface area (Å²) in [5, 5.41) is 12.0. The number of carboxylic acids is 1. The van der Waals surface area contributed by atoms with Gasteiger partial charge in [-0.1, -0.05) is 18.5 Å². The highest BCUT2D eigenvalue weighted by atomic mass is 35.5. The summed E-state index contributed by atoms with van der Waals surface area (Å²) in [6, 6.07) is -0.387. The molecule has 2 atom stereocenters. The van der Waals surface area contributed by atoms with E-state index in [0.717, 1.165) is 25.7 Å². The second-order valence-electron chi connectivity index (χ2n) is 6.42. The van der Waals surface area contributed by atoms with Crippen molar-refractivity contribution >= 4 is 35.0 Å². The lowest BCUT2D eigenvalue weighted by Gasteiger charge is -2.53. The number of carboxylic acid groups (broad SMARTS) is 1. The number of hydrogen-bond donors (Lipinski definition) is 2. The predicted molar refractivity (Wildman–Crippen MR) is 80.6 cm³/mol. The van der Waals surface area contributed by atoms with Crippen LogP contribution in [0.2, 0.25) is 10.4 Å². The normalized spacial score (nSPS) is 33.7. The molecule has 0 spiro atoms. The summed E-state index contributed by atoms with van der Waals surface area (Å²) in [5.41, 5.74) is -0.282. The van der Waals surface area contributed by atoms with Crippen LogP contribution in [0.15, 0.2) is 0 Å². The molecule has 22 heavy (non-hydrogen) atoms. The van der Waals surface area contributed by atoms with E-state index < -0.39 is 17.7 Å². The molecule has 0 aromatic carbocycles. The molecule has 2 unspecified atom stereocenters. The third kappa shape index (κ3) is 2.52. The predicted octanol–water partition coefficient (Wildman–Crippen LogP) is 3.61. The van der Waals surface area contributed by atoms with Gasteiger partial charge >= 0.3 is 5.97 Å². The van der Waals surface area contributed by atoms with E-state index in [1.807, 2.05) is 6.92 Å². The van der Waals surface area contributed by atoms with Gasteiger partial charge in [-0.05, 0) is 48.6 Å². The molecule has 120 valence electrons. The Kier molecular flexibility index (Phi) is 3.93. The molecule has 5 nitrogen and oxygen atoms in total. The topological polar surface area (TPSA) is 75.1 Å². The van der Waals surface area contributed by atoms with Crippen LogP contribution < -0.4 is 5.32 Å². The number of nitrogens with one attached hydrogen (secondary N) is 1. The maximum absolute atomic E-state index is 14.1. The van der Waals surface area contributed by atoms with Crippen LogP contribution in [0, 0.1) is 23.1 Å². The van der Waals surface area contributed by atoms with E-state index in [0.29, 0.717) is 0 Å². The van der Waals surface area contributed by atoms with Crippen LogP contribution in [0.1, 0.15) is 32.6 Å². The van der Waals surface area contributed by atoms with E-state index in [-0.39, 0.29) is 33.6 Å². The van der Waals surface area contributed by atoms with Gasteiger partial charge in [0, 0.05) is 6.04 Å². The zero-order chi connectivity index (χ0) is 16.1. The Morgan fingerprint density at radius 3 is 2.59 bits per heavy atom. The van der Waals surface area contributed by atoms with Gasteiger partial charge in [0.05, 0.1) is 5.92 Å². The summed E-state index contributed by atoms with van der Waals surface area (Å²) in [5.74, 6) is -2.21. The quantitative estimate of drug-likeness (QED) is 0.645. The Morgan fingerprint density at radius 2 is 2.00 bits per heavy atom. The standard InChI is InChI=1S/C14H16Cl2FN3O2/c1-14-4-2-6(3-5-14)9(7(14)12(21)22)18-11-8(17)10(15)19-13(16)20-11/h6-7,9H,2-5H2,1H3,(H,21,22)(H,18,19,20). The SMILES string of the molecule is CC12CCC(CC1)C(Nc1nc(Cl)nc(Cl)c1F)C2C(=O)O. The van der Waals surface area contributed by atoms with E-state index in [1.165, 1.54) is 0 Å². The Bertz CT molecular complexity index is 620. The first-order chi connectivity index (χ1) is 10.3. The van der Waals surface area contributed by atoms with Crippen molar-refractivity contribution in [2.75, 3.05) is 5.32 Å². The van der Waals surface area contributed by atoms with Crippen molar-refractivity contribution in [3.8, 4) is 0 Å². The minimum absolute atomic E-state index is 0.127. The van der Waals surface area contributed by atoms with Gasteiger partial charge in [0.1, 0.15) is 0 Å². The van der Waals surface area contributed by atoms with Crippen LogP contribution in [0.3, 0.4) is 0 Å². The number of halogens is 3. The molecule has 8 heteroatoms. The van der Waals surface area contributed by atoms with Crippen molar-refractivity contribution in [2.45, 2.75) is 38.6 Å². The minimum Gasteiger partial charge on any atom is -0.481 e. The Balaban J connectivity index is 1.95. The van der Waals surface area contributed by atoms with Crippen LogP contribution in [0.5, 0.6) is 0 Å². The van der Waals surface area contributed by atoms with Gasteiger partial charge in [-0.15, -0.1) is 0 Å². The third-order valence-electron chi connectivity index (χ3n) is 5.14. The van der Waals surface area contributed by atoms with Gasteiger partial charge in [0.15, 0.2) is 11.0 Å². The lowest BCUT2D eigenvalue weighted by Crippen LogP contribution is -2.56. The van der Waals surface area contributed by atoms with Crippen LogP contribution in [-0.2, 0) is 4.79 Å². The number of nitrogens with zero attached hydrogens (tertiary/aromatic N) is 2. The molecule has 1 heterocycles. The first-order valence-electron chi connectivity index (χ1n) is 7.20. The summed E-state index contributed by atoms with van der Waals surface area (Å²) in [7, 11) is 0. The number of anilines is 1. The highest BCUT2D eigenvalue weighted by Crippen LogP contribution is 2.54. The van der Waals surface area contributed by atoms with Crippen molar-refractivity contribution < 1.29 is 14.3 Å². The fourth-order valence-corrected chi connectivity index (χ4v) is 4.36. The molecule has 1 aromatic heterocycles. The molecule has 3 saturated carbocycles. The largest absolute Gasteiger partial charge is 0.481 e. The van der Waals surface area contributed by atoms with Gasteiger partial charge in [-0.2, -0.15) is 9.37 Å². The number of rotatable bonds is 3. The Morgan fingerprint density at radius 1 is 1.36 bits per heavy atom. The van der Waals surface area contributed by atoms with E-state index in [9.17, 15) is 14.3 Å². The molecule has 3 aliphatic carbocycles. The average Bonchev–Trinajstić information content (AvgIpc) is 2.43. The number of carbonyl (C=O) groups is 1. The highest BCUT2D eigenvalue weighted by Gasteiger charge is 2.54. The van der Waals surface area contributed by atoms with Crippen molar-refractivity contribution in [2.24, 2.45) is 17.3 Å². The van der Waals surface area contributed by atoms with E-state index >= 15 is 0 Å². The molecule has 1 aromatic rings. The molecule has 2 bridgehead atoms. The Hall–Kier alpha value is -1.14. The van der Waals surface area contributed by atoms with Gasteiger partial charge in [-0.3, -0.25) is 4.79 Å². The van der Waals surface area contributed by atoms with Gasteiger partial charge in [0.2, 0.25) is 11.1 Å². The summed E-state index contributed by atoms with van der Waals surface area (Å²) in [4.78, 5) is 19.1. The molecular weight excluding hydrogens is 332 g/mol. The fourth-order valence-electron chi connectivity index (χ4n) is 3.98. The number of hydrogen-bond acceptors (Lipinski definition) is 4. The smallest absolute Gasteiger partial charge is 0.309 e. The number of aromatic nitrogens is 2. The molecular formula is C14H16Cl2FN3O2. The van der Waals surface area contributed by atoms with Crippen LogP contribution >= 0.6 is 23.2 Å². The van der Waals surface area contributed by atoms with Crippen molar-refractivity contribution in [3.05, 3.63) is 16.3 Å². The molecule has 2 N–H and O–H groups in total. The monoisotopic (exact) mass is 347 g/mol. The summed E-state index contributed by atoms with van der Waals surface area (Å²) >= 11 is 11.4. The maximum atomic E-state index is 14.1. The summed E-state index contributed by atoms with van der Waals surface area (Å²) in [6.07, 6.45) is 3.60. The lowest BCUT2D eigenvalue weighted by molar-refractivity contribution is -0.154. The Labute approximate surface area is 137 Å². The molecule has 0 saturated heterocycles. The van der Waals surface area contributed by atoms with Crippen molar-refractivity contribution in [1.82, 2.24) is 9.97 Å². The second-order valence-corrected chi connectivity index (χ2v) is 7.12. The van der Waals surface area contributed by atoms with Crippen LogP contribution in [-0.4, -0.2) is 27.1 Å². The molecule has 3 aliphatic rings. The van der Waals surface area contributed by atoms with Crippen LogP contribution in [0.25, 0.3) is 0 Å². The fraction of sp³-hybridized carbons (Fsp3) is 0.643. The highest BCUT2D eigenvalue weighted by molar-refractivity contribution is 6.32. The third-order valence-corrected chi connectivity index (χ3v) is 5.56. The molecule has 4 rings (SSSR count).